The molecule has 1 aromatic heterocycles. The molecule has 0 spiro atoms. The second kappa shape index (κ2) is 8.14. The first kappa shape index (κ1) is 19.4. The molecular formula is C20H17ClN2O5. The number of rotatable bonds is 3. The molecule has 144 valence electrons. The molecular weight excluding hydrogens is 384 g/mol. The van der Waals surface area contributed by atoms with Gasteiger partial charge in [-0.15, -0.1) is 0 Å². The summed E-state index contributed by atoms with van der Waals surface area (Å²) in [5, 5.41) is 22.2. The lowest BCUT2D eigenvalue weighted by molar-refractivity contribution is -0.138. The van der Waals surface area contributed by atoms with Gasteiger partial charge in [0.2, 0.25) is 5.56 Å². The molecule has 2 heterocycles. The van der Waals surface area contributed by atoms with Gasteiger partial charge in [0.25, 0.3) is 5.91 Å². The number of halogens is 1. The van der Waals surface area contributed by atoms with Gasteiger partial charge in [-0.2, -0.15) is 0 Å². The Balaban J connectivity index is 0.000000206. The molecule has 3 aromatic rings. The first-order valence-corrected chi connectivity index (χ1v) is 8.82. The fourth-order valence-corrected chi connectivity index (χ4v) is 2.81. The van der Waals surface area contributed by atoms with Gasteiger partial charge in [-0.3, -0.25) is 9.59 Å². The maximum Gasteiger partial charge on any atom is 0.325 e. The number of nitrogens with one attached hydrogen (secondary N) is 1. The number of hydrogen-bond donors (Lipinski definition) is 3. The fourth-order valence-electron chi connectivity index (χ4n) is 2.53. The number of amides is 1. The summed E-state index contributed by atoms with van der Waals surface area (Å²) in [4.78, 5) is 26.4. The van der Waals surface area contributed by atoms with Crippen molar-refractivity contribution in [2.45, 2.75) is 18.5 Å². The number of carbonyl (C=O) groups excluding carboxylic acids is 1. The van der Waals surface area contributed by atoms with Crippen LogP contribution in [0, 0.1) is 0 Å². The Labute approximate surface area is 165 Å². The fraction of sp³-hybridized carbons (Fsp3) is 0.150. The number of fused-ring (bicyclic) bond motifs is 2. The third-order valence-electron chi connectivity index (χ3n) is 4.10. The molecule has 2 aromatic carbocycles. The van der Waals surface area contributed by atoms with Gasteiger partial charge in [0, 0.05) is 22.5 Å². The zero-order valence-electron chi connectivity index (χ0n) is 14.8. The molecule has 0 saturated heterocycles. The number of para-hydroxylation sites is 1. The molecule has 1 aliphatic heterocycles. The Hall–Kier alpha value is -3.32. The van der Waals surface area contributed by atoms with Gasteiger partial charge in [-0.25, -0.2) is 4.98 Å². The van der Waals surface area contributed by atoms with Crippen LogP contribution < -0.4 is 10.1 Å². The average Bonchev–Trinajstić information content (AvgIpc) is 2.68. The molecule has 1 aliphatic rings. The smallest absolute Gasteiger partial charge is 0.325 e. The maximum atomic E-state index is 11.8. The van der Waals surface area contributed by atoms with Gasteiger partial charge in [-0.05, 0) is 13.0 Å². The summed E-state index contributed by atoms with van der Waals surface area (Å²) < 4.78 is 5.05. The van der Waals surface area contributed by atoms with E-state index in [1.807, 2.05) is 24.3 Å². The molecule has 2 unspecified atom stereocenters. The van der Waals surface area contributed by atoms with Crippen LogP contribution in [0.4, 0.5) is 0 Å². The number of carbonyl (C=O) groups is 2. The number of carboxylic acids is 1. The van der Waals surface area contributed by atoms with Crippen molar-refractivity contribution in [1.82, 2.24) is 10.3 Å². The number of ether oxygens (including phenoxy) is 1. The molecule has 1 amide bonds. The minimum absolute atomic E-state index is 0.188. The van der Waals surface area contributed by atoms with Gasteiger partial charge in [-0.1, -0.05) is 54.1 Å². The SMILES string of the molecule is CC(NC(=O)c1ncc2ccccc2c1O)C(=O)O.ClC1Oc2ccccc21. The van der Waals surface area contributed by atoms with Gasteiger partial charge in [0.1, 0.15) is 11.8 Å². The summed E-state index contributed by atoms with van der Waals surface area (Å²) in [6.45, 7) is 1.33. The van der Waals surface area contributed by atoms with Crippen LogP contribution >= 0.6 is 11.6 Å². The van der Waals surface area contributed by atoms with E-state index in [4.69, 9.17) is 21.4 Å². The lowest BCUT2D eigenvalue weighted by atomic mass is 10.1. The number of aliphatic carboxylic acids is 1. The van der Waals surface area contributed by atoms with E-state index in [0.29, 0.717) is 10.8 Å². The van der Waals surface area contributed by atoms with Crippen molar-refractivity contribution in [2.75, 3.05) is 0 Å². The lowest BCUT2D eigenvalue weighted by Gasteiger charge is -2.25. The highest BCUT2D eigenvalue weighted by Gasteiger charge is 2.24. The summed E-state index contributed by atoms with van der Waals surface area (Å²) in [7, 11) is 0. The van der Waals surface area contributed by atoms with Crippen molar-refractivity contribution in [3.05, 3.63) is 66.0 Å². The van der Waals surface area contributed by atoms with Crippen LogP contribution in [0.1, 0.15) is 28.5 Å². The molecule has 0 bridgehead atoms. The maximum absolute atomic E-state index is 11.8. The quantitative estimate of drug-likeness (QED) is 0.581. The number of pyridine rings is 1. The molecule has 28 heavy (non-hydrogen) atoms. The Morgan fingerprint density at radius 1 is 1.18 bits per heavy atom. The van der Waals surface area contributed by atoms with Gasteiger partial charge in [0.15, 0.2) is 11.4 Å². The van der Waals surface area contributed by atoms with E-state index in [1.165, 1.54) is 13.1 Å². The molecule has 0 saturated carbocycles. The van der Waals surface area contributed by atoms with Crippen molar-refractivity contribution in [2.24, 2.45) is 0 Å². The van der Waals surface area contributed by atoms with Crippen LogP contribution in [0.3, 0.4) is 0 Å². The summed E-state index contributed by atoms with van der Waals surface area (Å²) in [5.41, 5.74) is 0.701. The zero-order chi connectivity index (χ0) is 20.3. The predicted molar refractivity (Wildman–Crippen MR) is 104 cm³/mol. The van der Waals surface area contributed by atoms with E-state index < -0.39 is 17.9 Å². The standard InChI is InChI=1S/C13H12N2O4.C7H5ClO/c1-7(13(18)19)15-12(17)10-11(16)9-5-3-2-4-8(9)6-14-10;8-7-5-3-1-2-4-6(5)9-7/h2-7,16H,1H3,(H,15,17)(H,18,19);1-4,7H. The van der Waals surface area contributed by atoms with Crippen LogP contribution in [0.2, 0.25) is 0 Å². The normalized spacial score (nSPS) is 15.1. The van der Waals surface area contributed by atoms with E-state index >= 15 is 0 Å². The Kier molecular flexibility index (Phi) is 5.65. The van der Waals surface area contributed by atoms with Crippen LogP contribution in [-0.2, 0) is 4.79 Å². The first-order valence-electron chi connectivity index (χ1n) is 8.38. The Bertz CT molecular complexity index is 1040. The number of aromatic nitrogens is 1. The Morgan fingerprint density at radius 3 is 2.50 bits per heavy atom. The largest absolute Gasteiger partial charge is 0.505 e. The van der Waals surface area contributed by atoms with Crippen molar-refractivity contribution in [3.63, 3.8) is 0 Å². The third-order valence-corrected chi connectivity index (χ3v) is 4.42. The number of alkyl halides is 1. The van der Waals surface area contributed by atoms with E-state index in [-0.39, 0.29) is 17.0 Å². The summed E-state index contributed by atoms with van der Waals surface area (Å²) >= 11 is 5.66. The average molecular weight is 401 g/mol. The summed E-state index contributed by atoms with van der Waals surface area (Å²) in [5.74, 6) is -1.22. The summed E-state index contributed by atoms with van der Waals surface area (Å²) in [6, 6.07) is 13.6. The number of aromatic hydroxyl groups is 1. The molecule has 2 atom stereocenters. The van der Waals surface area contributed by atoms with E-state index in [9.17, 15) is 14.7 Å². The number of hydrogen-bond acceptors (Lipinski definition) is 5. The lowest BCUT2D eigenvalue weighted by Crippen LogP contribution is -2.38. The van der Waals surface area contributed by atoms with Crippen LogP contribution in [0.25, 0.3) is 10.8 Å². The number of carboxylic acid groups (broad SMARTS) is 1. The second-order valence-corrected chi connectivity index (χ2v) is 6.44. The third kappa shape index (κ3) is 3.99. The van der Waals surface area contributed by atoms with Crippen molar-refractivity contribution in [3.8, 4) is 11.5 Å². The van der Waals surface area contributed by atoms with Crippen LogP contribution in [0.15, 0.2) is 54.7 Å². The van der Waals surface area contributed by atoms with Gasteiger partial charge in [0.05, 0.1) is 0 Å². The molecule has 3 N–H and O–H groups in total. The van der Waals surface area contributed by atoms with Crippen molar-refractivity contribution >= 4 is 34.2 Å². The highest BCUT2D eigenvalue weighted by atomic mass is 35.5. The number of benzene rings is 2. The first-order chi connectivity index (χ1) is 13.4. The van der Waals surface area contributed by atoms with Crippen molar-refractivity contribution in [1.29, 1.82) is 0 Å². The minimum Gasteiger partial charge on any atom is -0.505 e. The van der Waals surface area contributed by atoms with E-state index in [1.54, 1.807) is 24.3 Å². The van der Waals surface area contributed by atoms with Crippen LogP contribution in [-0.4, -0.2) is 33.1 Å². The highest BCUT2D eigenvalue weighted by Crippen LogP contribution is 2.40. The topological polar surface area (TPSA) is 109 Å². The molecule has 0 radical (unpaired) electrons. The van der Waals surface area contributed by atoms with E-state index in [0.717, 1.165) is 11.3 Å². The van der Waals surface area contributed by atoms with Crippen molar-refractivity contribution < 1.29 is 24.5 Å². The highest BCUT2D eigenvalue weighted by molar-refractivity contribution is 6.21. The number of nitrogens with zero attached hydrogens (tertiary/aromatic N) is 1. The predicted octanol–water partition coefficient (Wildman–Crippen LogP) is 3.46. The van der Waals surface area contributed by atoms with Crippen LogP contribution in [0.5, 0.6) is 11.5 Å². The Morgan fingerprint density at radius 2 is 1.86 bits per heavy atom. The zero-order valence-corrected chi connectivity index (χ0v) is 15.6. The minimum atomic E-state index is -1.16. The molecule has 7 nitrogen and oxygen atoms in total. The molecule has 0 fully saturated rings. The van der Waals surface area contributed by atoms with Gasteiger partial charge < -0.3 is 20.3 Å². The molecule has 8 heteroatoms. The summed E-state index contributed by atoms with van der Waals surface area (Å²) in [6.07, 6.45) is 1.45. The molecule has 4 rings (SSSR count). The monoisotopic (exact) mass is 400 g/mol. The van der Waals surface area contributed by atoms with E-state index in [2.05, 4.69) is 10.3 Å². The second-order valence-electron chi connectivity index (χ2n) is 6.05. The van der Waals surface area contributed by atoms with Gasteiger partial charge >= 0.3 is 5.97 Å². The molecule has 0 aliphatic carbocycles.